The molecule has 1 aliphatic carbocycles. The molecule has 1 aliphatic rings. The zero-order valence-electron chi connectivity index (χ0n) is 11.2. The highest BCUT2D eigenvalue weighted by molar-refractivity contribution is 5.54. The highest BCUT2D eigenvalue weighted by Gasteiger charge is 2.34. The summed E-state index contributed by atoms with van der Waals surface area (Å²) in [4.78, 5) is 5.50. The number of halogens is 3. The minimum atomic E-state index is -4.49. The maximum absolute atomic E-state index is 12.8. The van der Waals surface area contributed by atoms with Gasteiger partial charge in [0.1, 0.15) is 17.6 Å². The average Bonchev–Trinajstić information content (AvgIpc) is 3.20. The largest absolute Gasteiger partial charge is 0.433 e. The Hall–Kier alpha value is -1.77. The number of rotatable bonds is 5. The first kappa shape index (κ1) is 14.6. The van der Waals surface area contributed by atoms with Crippen LogP contribution in [0.4, 0.5) is 19.0 Å². The summed E-state index contributed by atoms with van der Waals surface area (Å²) in [5.41, 5.74) is -0.740. The van der Waals surface area contributed by atoms with Crippen LogP contribution in [0, 0.1) is 17.2 Å². The van der Waals surface area contributed by atoms with Gasteiger partial charge in [-0.2, -0.15) is 18.4 Å². The number of anilines is 1. The van der Waals surface area contributed by atoms with Crippen LogP contribution in [0.5, 0.6) is 0 Å². The Balaban J connectivity index is 2.36. The van der Waals surface area contributed by atoms with Gasteiger partial charge in [-0.05, 0) is 37.3 Å². The average molecular weight is 283 g/mol. The number of pyridine rings is 1. The highest BCUT2D eigenvalue weighted by Crippen LogP contribution is 2.34. The summed E-state index contributed by atoms with van der Waals surface area (Å²) in [6.45, 7) is 3.25. The van der Waals surface area contributed by atoms with Crippen LogP contribution in [-0.2, 0) is 6.18 Å². The molecule has 1 aromatic rings. The maximum Gasteiger partial charge on any atom is 0.433 e. The molecule has 0 radical (unpaired) electrons. The van der Waals surface area contributed by atoms with Crippen molar-refractivity contribution in [3.05, 3.63) is 23.4 Å². The zero-order valence-corrected chi connectivity index (χ0v) is 11.2. The molecule has 0 spiro atoms. The predicted octanol–water partition coefficient (Wildman–Crippen LogP) is 3.60. The standard InChI is InChI=1S/C14H16F3N3/c1-2-7-20(9-10-3-4-10)13-11(8-18)5-6-12(19-13)14(15,16)17/h5-6,10H,2-4,7,9H2,1H3. The molecule has 1 aromatic heterocycles. The van der Waals surface area contributed by atoms with E-state index in [0.29, 0.717) is 19.0 Å². The molecule has 6 heteroatoms. The fourth-order valence-electron chi connectivity index (χ4n) is 2.10. The van der Waals surface area contributed by atoms with E-state index in [9.17, 15) is 13.2 Å². The molecule has 3 nitrogen and oxygen atoms in total. The van der Waals surface area contributed by atoms with Gasteiger partial charge in [0.25, 0.3) is 0 Å². The van der Waals surface area contributed by atoms with E-state index in [-0.39, 0.29) is 11.4 Å². The quantitative estimate of drug-likeness (QED) is 0.829. The van der Waals surface area contributed by atoms with E-state index in [1.807, 2.05) is 17.9 Å². The lowest BCUT2D eigenvalue weighted by Crippen LogP contribution is -2.29. The molecule has 0 atom stereocenters. The minimum absolute atomic E-state index is 0.163. The fourth-order valence-corrected chi connectivity index (χ4v) is 2.10. The third-order valence-electron chi connectivity index (χ3n) is 3.25. The fraction of sp³-hybridized carbons (Fsp3) is 0.571. The molecular weight excluding hydrogens is 267 g/mol. The molecular formula is C14H16F3N3. The SMILES string of the molecule is CCCN(CC1CC1)c1nc(C(F)(F)F)ccc1C#N. The first-order chi connectivity index (χ1) is 9.45. The number of hydrogen-bond acceptors (Lipinski definition) is 3. The number of alkyl halides is 3. The highest BCUT2D eigenvalue weighted by atomic mass is 19.4. The molecule has 108 valence electrons. The topological polar surface area (TPSA) is 39.9 Å². The summed E-state index contributed by atoms with van der Waals surface area (Å²) in [6.07, 6.45) is -1.49. The Morgan fingerprint density at radius 2 is 2.10 bits per heavy atom. The molecule has 0 bridgehead atoms. The molecule has 1 fully saturated rings. The molecule has 0 N–H and O–H groups in total. The van der Waals surface area contributed by atoms with Gasteiger partial charge in [-0.15, -0.1) is 0 Å². The van der Waals surface area contributed by atoms with E-state index in [0.717, 1.165) is 25.3 Å². The van der Waals surface area contributed by atoms with Crippen LogP contribution in [0.3, 0.4) is 0 Å². The van der Waals surface area contributed by atoms with Crippen molar-refractivity contribution in [3.63, 3.8) is 0 Å². The van der Waals surface area contributed by atoms with Gasteiger partial charge in [0.15, 0.2) is 0 Å². The number of nitrogens with zero attached hydrogens (tertiary/aromatic N) is 3. The van der Waals surface area contributed by atoms with Gasteiger partial charge in [-0.3, -0.25) is 0 Å². The van der Waals surface area contributed by atoms with E-state index in [2.05, 4.69) is 4.98 Å². The van der Waals surface area contributed by atoms with E-state index in [1.54, 1.807) is 0 Å². The molecule has 0 unspecified atom stereocenters. The zero-order chi connectivity index (χ0) is 14.8. The van der Waals surface area contributed by atoms with Crippen LogP contribution in [0.2, 0.25) is 0 Å². The first-order valence-electron chi connectivity index (χ1n) is 6.69. The Kier molecular flexibility index (Phi) is 4.17. The normalized spacial score (nSPS) is 14.9. The Labute approximate surface area is 116 Å². The van der Waals surface area contributed by atoms with Crippen LogP contribution < -0.4 is 4.90 Å². The molecule has 0 aromatic carbocycles. The summed E-state index contributed by atoms with van der Waals surface area (Å²) in [5, 5.41) is 9.08. The van der Waals surface area contributed by atoms with Gasteiger partial charge in [0.05, 0.1) is 5.56 Å². The first-order valence-corrected chi connectivity index (χ1v) is 6.69. The van der Waals surface area contributed by atoms with Crippen LogP contribution in [-0.4, -0.2) is 18.1 Å². The van der Waals surface area contributed by atoms with Crippen molar-refractivity contribution < 1.29 is 13.2 Å². The number of hydrogen-bond donors (Lipinski definition) is 0. The summed E-state index contributed by atoms with van der Waals surface area (Å²) in [7, 11) is 0. The van der Waals surface area contributed by atoms with Gasteiger partial charge in [-0.25, -0.2) is 4.98 Å². The van der Waals surface area contributed by atoms with Crippen molar-refractivity contribution in [3.8, 4) is 6.07 Å². The van der Waals surface area contributed by atoms with Crippen molar-refractivity contribution in [2.24, 2.45) is 5.92 Å². The van der Waals surface area contributed by atoms with E-state index < -0.39 is 11.9 Å². The third kappa shape index (κ3) is 3.41. The van der Waals surface area contributed by atoms with Gasteiger partial charge >= 0.3 is 6.18 Å². The summed E-state index contributed by atoms with van der Waals surface area (Å²) < 4.78 is 38.3. The second kappa shape index (κ2) is 5.70. The lowest BCUT2D eigenvalue weighted by Gasteiger charge is -2.24. The lowest BCUT2D eigenvalue weighted by atomic mass is 10.2. The Morgan fingerprint density at radius 1 is 1.40 bits per heavy atom. The summed E-state index contributed by atoms with van der Waals surface area (Å²) in [6, 6.07) is 4.01. The van der Waals surface area contributed by atoms with E-state index in [4.69, 9.17) is 5.26 Å². The minimum Gasteiger partial charge on any atom is -0.355 e. The maximum atomic E-state index is 12.8. The van der Waals surface area contributed by atoms with Crippen molar-refractivity contribution in [1.29, 1.82) is 5.26 Å². The second-order valence-corrected chi connectivity index (χ2v) is 5.07. The van der Waals surface area contributed by atoms with Gasteiger partial charge in [-0.1, -0.05) is 6.92 Å². The molecule has 20 heavy (non-hydrogen) atoms. The van der Waals surface area contributed by atoms with E-state index in [1.165, 1.54) is 6.07 Å². The molecule has 0 amide bonds. The van der Waals surface area contributed by atoms with Crippen molar-refractivity contribution in [1.82, 2.24) is 4.98 Å². The lowest BCUT2D eigenvalue weighted by molar-refractivity contribution is -0.141. The third-order valence-corrected chi connectivity index (χ3v) is 3.25. The Morgan fingerprint density at radius 3 is 2.60 bits per heavy atom. The number of nitriles is 1. The van der Waals surface area contributed by atoms with Gasteiger partial charge in [0.2, 0.25) is 0 Å². The Bertz CT molecular complexity index is 515. The summed E-state index contributed by atoms with van der Waals surface area (Å²) in [5.74, 6) is 0.681. The predicted molar refractivity (Wildman–Crippen MR) is 69.2 cm³/mol. The van der Waals surface area contributed by atoms with Crippen LogP contribution in [0.25, 0.3) is 0 Å². The molecule has 0 aliphatic heterocycles. The molecule has 1 saturated carbocycles. The summed E-state index contributed by atoms with van der Waals surface area (Å²) >= 11 is 0. The molecule has 1 heterocycles. The number of aromatic nitrogens is 1. The van der Waals surface area contributed by atoms with Gasteiger partial charge < -0.3 is 4.90 Å². The van der Waals surface area contributed by atoms with Crippen LogP contribution >= 0.6 is 0 Å². The second-order valence-electron chi connectivity index (χ2n) is 5.07. The van der Waals surface area contributed by atoms with Crippen LogP contribution in [0.1, 0.15) is 37.4 Å². The molecule has 0 saturated heterocycles. The van der Waals surface area contributed by atoms with Gasteiger partial charge in [0, 0.05) is 13.1 Å². The smallest absolute Gasteiger partial charge is 0.355 e. The van der Waals surface area contributed by atoms with Crippen molar-refractivity contribution >= 4 is 5.82 Å². The van der Waals surface area contributed by atoms with Crippen molar-refractivity contribution in [2.45, 2.75) is 32.4 Å². The van der Waals surface area contributed by atoms with Crippen molar-refractivity contribution in [2.75, 3.05) is 18.0 Å². The van der Waals surface area contributed by atoms with Crippen LogP contribution in [0.15, 0.2) is 12.1 Å². The van der Waals surface area contributed by atoms with E-state index >= 15 is 0 Å². The monoisotopic (exact) mass is 283 g/mol. The molecule has 2 rings (SSSR count).